The maximum atomic E-state index is 12.9. The SMILES string of the molecule is CC1=CCN(S(=O)(=O)c2cccc3cc(N)ccc23)CC1. The van der Waals surface area contributed by atoms with Gasteiger partial charge < -0.3 is 5.73 Å². The first-order chi connectivity index (χ1) is 9.98. The van der Waals surface area contributed by atoms with Crippen molar-refractivity contribution in [3.8, 4) is 0 Å². The summed E-state index contributed by atoms with van der Waals surface area (Å²) in [6.45, 7) is 3.01. The van der Waals surface area contributed by atoms with E-state index in [9.17, 15) is 8.42 Å². The molecule has 0 spiro atoms. The molecule has 3 rings (SSSR count). The highest BCUT2D eigenvalue weighted by Gasteiger charge is 2.26. The van der Waals surface area contributed by atoms with Gasteiger partial charge in [0, 0.05) is 24.2 Å². The first-order valence-electron chi connectivity index (χ1n) is 6.92. The van der Waals surface area contributed by atoms with E-state index in [4.69, 9.17) is 5.73 Å². The number of hydrogen-bond acceptors (Lipinski definition) is 3. The minimum Gasteiger partial charge on any atom is -0.399 e. The molecule has 0 fully saturated rings. The molecule has 0 bridgehead atoms. The van der Waals surface area contributed by atoms with Crippen molar-refractivity contribution in [3.63, 3.8) is 0 Å². The van der Waals surface area contributed by atoms with Crippen LogP contribution < -0.4 is 5.73 Å². The second kappa shape index (κ2) is 5.16. The first-order valence-corrected chi connectivity index (χ1v) is 8.36. The van der Waals surface area contributed by atoms with Crippen LogP contribution in [-0.2, 0) is 10.0 Å². The van der Waals surface area contributed by atoms with Crippen LogP contribution >= 0.6 is 0 Å². The first kappa shape index (κ1) is 14.1. The van der Waals surface area contributed by atoms with Crippen molar-refractivity contribution in [2.45, 2.75) is 18.2 Å². The van der Waals surface area contributed by atoms with Gasteiger partial charge in [-0.1, -0.05) is 29.8 Å². The van der Waals surface area contributed by atoms with E-state index in [1.807, 2.05) is 19.1 Å². The molecule has 2 aromatic carbocycles. The van der Waals surface area contributed by atoms with Gasteiger partial charge in [-0.2, -0.15) is 4.31 Å². The van der Waals surface area contributed by atoms with Gasteiger partial charge in [0.05, 0.1) is 4.90 Å². The molecule has 0 saturated heterocycles. The number of rotatable bonds is 2. The standard InChI is InChI=1S/C16H18N2O2S/c1-12-7-9-18(10-8-12)21(19,20)16-4-2-3-13-11-14(17)5-6-15(13)16/h2-7,11H,8-10,17H2,1H3. The molecule has 0 aliphatic carbocycles. The summed E-state index contributed by atoms with van der Waals surface area (Å²) < 4.78 is 27.2. The van der Waals surface area contributed by atoms with Crippen LogP contribution in [0.15, 0.2) is 52.9 Å². The lowest BCUT2D eigenvalue weighted by molar-refractivity contribution is 0.432. The molecular weight excluding hydrogens is 284 g/mol. The van der Waals surface area contributed by atoms with Crippen molar-refractivity contribution in [2.75, 3.05) is 18.8 Å². The van der Waals surface area contributed by atoms with Gasteiger partial charge in [-0.15, -0.1) is 0 Å². The number of nitrogens with two attached hydrogens (primary N) is 1. The zero-order valence-electron chi connectivity index (χ0n) is 11.9. The molecule has 0 aromatic heterocycles. The van der Waals surface area contributed by atoms with Crippen LogP contribution in [0, 0.1) is 0 Å². The molecule has 4 nitrogen and oxygen atoms in total. The molecule has 1 heterocycles. The predicted octanol–water partition coefficient (Wildman–Crippen LogP) is 2.76. The molecule has 1 aliphatic heterocycles. The van der Waals surface area contributed by atoms with Crippen molar-refractivity contribution in [3.05, 3.63) is 48.0 Å². The number of sulfonamides is 1. The zero-order chi connectivity index (χ0) is 15.0. The number of benzene rings is 2. The average molecular weight is 302 g/mol. The van der Waals surface area contributed by atoms with E-state index in [1.165, 1.54) is 9.88 Å². The van der Waals surface area contributed by atoms with Gasteiger partial charge in [0.1, 0.15) is 0 Å². The van der Waals surface area contributed by atoms with Crippen molar-refractivity contribution in [1.82, 2.24) is 4.31 Å². The minimum atomic E-state index is -3.48. The summed E-state index contributed by atoms with van der Waals surface area (Å²) in [4.78, 5) is 0.355. The van der Waals surface area contributed by atoms with Crippen LogP contribution in [0.2, 0.25) is 0 Å². The lowest BCUT2D eigenvalue weighted by Crippen LogP contribution is -2.34. The monoisotopic (exact) mass is 302 g/mol. The Balaban J connectivity index is 2.11. The second-order valence-electron chi connectivity index (χ2n) is 5.40. The second-order valence-corrected chi connectivity index (χ2v) is 7.31. The fraction of sp³-hybridized carbons (Fsp3) is 0.250. The Hall–Kier alpha value is -1.85. The molecule has 0 radical (unpaired) electrons. The van der Waals surface area contributed by atoms with Gasteiger partial charge in [0.15, 0.2) is 0 Å². The fourth-order valence-electron chi connectivity index (χ4n) is 2.61. The summed E-state index contributed by atoms with van der Waals surface area (Å²) in [5.41, 5.74) is 7.65. The van der Waals surface area contributed by atoms with Gasteiger partial charge in [0.25, 0.3) is 0 Å². The molecular formula is C16H18N2O2S. The van der Waals surface area contributed by atoms with Crippen LogP contribution in [0.1, 0.15) is 13.3 Å². The van der Waals surface area contributed by atoms with Crippen LogP contribution in [0.4, 0.5) is 5.69 Å². The summed E-state index contributed by atoms with van der Waals surface area (Å²) >= 11 is 0. The molecule has 0 amide bonds. The fourth-order valence-corrected chi connectivity index (χ4v) is 4.20. The highest BCUT2D eigenvalue weighted by molar-refractivity contribution is 7.89. The number of anilines is 1. The minimum absolute atomic E-state index is 0.355. The maximum absolute atomic E-state index is 12.9. The summed E-state index contributed by atoms with van der Waals surface area (Å²) in [6, 6.07) is 10.6. The Bertz CT molecular complexity index is 825. The third-order valence-corrected chi connectivity index (χ3v) is 5.80. The molecule has 21 heavy (non-hydrogen) atoms. The van der Waals surface area contributed by atoms with E-state index in [-0.39, 0.29) is 0 Å². The summed E-state index contributed by atoms with van der Waals surface area (Å²) in [5, 5.41) is 1.57. The third kappa shape index (κ3) is 2.54. The van der Waals surface area contributed by atoms with E-state index in [2.05, 4.69) is 0 Å². The lowest BCUT2D eigenvalue weighted by Gasteiger charge is -2.25. The van der Waals surface area contributed by atoms with Crippen molar-refractivity contribution in [2.24, 2.45) is 0 Å². The van der Waals surface area contributed by atoms with Gasteiger partial charge >= 0.3 is 0 Å². The lowest BCUT2D eigenvalue weighted by atomic mass is 10.1. The van der Waals surface area contributed by atoms with E-state index in [1.54, 1.807) is 30.3 Å². The molecule has 2 aromatic rings. The Morgan fingerprint density at radius 1 is 1.19 bits per heavy atom. The Kier molecular flexibility index (Phi) is 3.47. The molecule has 0 atom stereocenters. The maximum Gasteiger partial charge on any atom is 0.243 e. The molecule has 2 N–H and O–H groups in total. The van der Waals surface area contributed by atoms with E-state index >= 15 is 0 Å². The highest BCUT2D eigenvalue weighted by atomic mass is 32.2. The normalized spacial score (nSPS) is 16.9. The Labute approximate surface area is 124 Å². The van der Waals surface area contributed by atoms with Crippen molar-refractivity contribution in [1.29, 1.82) is 0 Å². The molecule has 5 heteroatoms. The van der Waals surface area contributed by atoms with Crippen LogP contribution in [-0.4, -0.2) is 25.8 Å². The van der Waals surface area contributed by atoms with Crippen LogP contribution in [0.5, 0.6) is 0 Å². The molecule has 110 valence electrons. The zero-order valence-corrected chi connectivity index (χ0v) is 12.7. The average Bonchev–Trinajstić information content (AvgIpc) is 2.46. The smallest absolute Gasteiger partial charge is 0.243 e. The number of fused-ring (bicyclic) bond motifs is 1. The number of hydrogen-bond donors (Lipinski definition) is 1. The van der Waals surface area contributed by atoms with Crippen molar-refractivity contribution >= 4 is 26.5 Å². The topological polar surface area (TPSA) is 63.4 Å². The summed E-state index contributed by atoms with van der Waals surface area (Å²) in [7, 11) is -3.48. The van der Waals surface area contributed by atoms with Crippen molar-refractivity contribution < 1.29 is 8.42 Å². The Morgan fingerprint density at radius 3 is 2.71 bits per heavy atom. The number of nitrogen functional groups attached to an aromatic ring is 1. The summed E-state index contributed by atoms with van der Waals surface area (Å²) in [6.07, 6.45) is 2.76. The van der Waals surface area contributed by atoms with Crippen LogP contribution in [0.25, 0.3) is 10.8 Å². The van der Waals surface area contributed by atoms with Gasteiger partial charge in [0.2, 0.25) is 10.0 Å². The molecule has 0 saturated carbocycles. The van der Waals surface area contributed by atoms with Gasteiger partial charge in [-0.05, 0) is 36.9 Å². The number of nitrogens with zero attached hydrogens (tertiary/aromatic N) is 1. The quantitative estimate of drug-likeness (QED) is 0.685. The largest absolute Gasteiger partial charge is 0.399 e. The van der Waals surface area contributed by atoms with E-state index < -0.39 is 10.0 Å². The molecule has 0 unspecified atom stereocenters. The van der Waals surface area contributed by atoms with Gasteiger partial charge in [-0.3, -0.25) is 0 Å². The third-order valence-electron chi connectivity index (χ3n) is 3.88. The van der Waals surface area contributed by atoms with E-state index in [0.717, 1.165) is 17.2 Å². The predicted molar refractivity (Wildman–Crippen MR) is 85.5 cm³/mol. The molecule has 1 aliphatic rings. The Morgan fingerprint density at radius 2 is 2.00 bits per heavy atom. The van der Waals surface area contributed by atoms with Gasteiger partial charge in [-0.25, -0.2) is 8.42 Å². The summed E-state index contributed by atoms with van der Waals surface area (Å²) in [5.74, 6) is 0. The van der Waals surface area contributed by atoms with Crippen LogP contribution in [0.3, 0.4) is 0 Å². The van der Waals surface area contributed by atoms with E-state index in [0.29, 0.717) is 23.7 Å². The highest BCUT2D eigenvalue weighted by Crippen LogP contribution is 2.28.